The molecule has 0 unspecified atom stereocenters. The summed E-state index contributed by atoms with van der Waals surface area (Å²) in [6.45, 7) is 8.42. The lowest BCUT2D eigenvalue weighted by Crippen LogP contribution is -2.41. The van der Waals surface area contributed by atoms with E-state index in [2.05, 4.69) is 117 Å². The maximum absolute atomic E-state index is 6.48. The number of aromatic nitrogens is 1. The van der Waals surface area contributed by atoms with E-state index in [9.17, 15) is 0 Å². The zero-order valence-electron chi connectivity index (χ0n) is 18.9. The van der Waals surface area contributed by atoms with Gasteiger partial charge in [0.05, 0.1) is 22.2 Å². The van der Waals surface area contributed by atoms with Crippen LogP contribution in [-0.4, -0.2) is 22.9 Å². The second-order valence-electron chi connectivity index (χ2n) is 9.72. The van der Waals surface area contributed by atoms with Crippen molar-refractivity contribution >= 4 is 45.2 Å². The van der Waals surface area contributed by atoms with Crippen LogP contribution < -0.4 is 5.46 Å². The molecule has 0 bridgehead atoms. The van der Waals surface area contributed by atoms with E-state index >= 15 is 0 Å². The minimum absolute atomic E-state index is 0.385. The molecule has 3 nitrogen and oxygen atoms in total. The molecule has 0 saturated carbocycles. The second kappa shape index (κ2) is 6.71. The zero-order chi connectivity index (χ0) is 22.1. The van der Waals surface area contributed by atoms with Crippen molar-refractivity contribution in [2.75, 3.05) is 0 Å². The Morgan fingerprint density at radius 1 is 0.656 bits per heavy atom. The Hall–Kier alpha value is -3.08. The first-order valence-corrected chi connectivity index (χ1v) is 11.2. The van der Waals surface area contributed by atoms with Gasteiger partial charge in [-0.2, -0.15) is 0 Å². The van der Waals surface area contributed by atoms with Crippen molar-refractivity contribution in [1.29, 1.82) is 0 Å². The minimum Gasteiger partial charge on any atom is -0.399 e. The average molecular weight is 419 g/mol. The van der Waals surface area contributed by atoms with E-state index in [0.29, 0.717) is 0 Å². The predicted octanol–water partition coefficient (Wildman–Crippen LogP) is 6.24. The van der Waals surface area contributed by atoms with Crippen LogP contribution in [0.2, 0.25) is 0 Å². The summed E-state index contributed by atoms with van der Waals surface area (Å²) in [5.41, 5.74) is 3.81. The van der Waals surface area contributed by atoms with Gasteiger partial charge in [0.2, 0.25) is 0 Å². The van der Waals surface area contributed by atoms with Crippen molar-refractivity contribution in [3.05, 3.63) is 84.9 Å². The van der Waals surface area contributed by atoms with E-state index in [1.807, 2.05) is 0 Å². The van der Waals surface area contributed by atoms with E-state index in [4.69, 9.17) is 9.31 Å². The highest BCUT2D eigenvalue weighted by Crippen LogP contribution is 2.39. The predicted molar refractivity (Wildman–Crippen MR) is 134 cm³/mol. The minimum atomic E-state index is -0.412. The third-order valence-corrected chi connectivity index (χ3v) is 7.21. The van der Waals surface area contributed by atoms with Gasteiger partial charge in [-0.1, -0.05) is 54.6 Å². The number of fused-ring (bicyclic) bond motifs is 4. The molecule has 5 aromatic rings. The molecule has 0 spiro atoms. The van der Waals surface area contributed by atoms with Crippen molar-refractivity contribution in [3.8, 4) is 5.69 Å². The van der Waals surface area contributed by atoms with E-state index < -0.39 is 7.12 Å². The largest absolute Gasteiger partial charge is 0.495 e. The van der Waals surface area contributed by atoms with Crippen LogP contribution in [0.3, 0.4) is 0 Å². The quantitative estimate of drug-likeness (QED) is 0.317. The van der Waals surface area contributed by atoms with Gasteiger partial charge in [0, 0.05) is 16.5 Å². The topological polar surface area (TPSA) is 23.4 Å². The molecule has 0 aliphatic carbocycles. The first-order chi connectivity index (χ1) is 15.4. The van der Waals surface area contributed by atoms with Gasteiger partial charge in [-0.15, -0.1) is 0 Å². The smallest absolute Gasteiger partial charge is 0.399 e. The number of hydrogen-bond donors (Lipinski definition) is 0. The van der Waals surface area contributed by atoms with Crippen molar-refractivity contribution in [2.45, 2.75) is 38.9 Å². The van der Waals surface area contributed by atoms with E-state index in [-0.39, 0.29) is 11.2 Å². The lowest BCUT2D eigenvalue weighted by Gasteiger charge is -2.32. The Morgan fingerprint density at radius 3 is 1.97 bits per heavy atom. The molecule has 32 heavy (non-hydrogen) atoms. The Labute approximate surface area is 188 Å². The number of nitrogens with zero attached hydrogens (tertiary/aromatic N) is 1. The molecule has 1 saturated heterocycles. The molecule has 4 aromatic carbocycles. The van der Waals surface area contributed by atoms with Gasteiger partial charge in [-0.05, 0) is 74.3 Å². The van der Waals surface area contributed by atoms with Crippen molar-refractivity contribution in [2.24, 2.45) is 0 Å². The van der Waals surface area contributed by atoms with Crippen LogP contribution in [0.5, 0.6) is 0 Å². The van der Waals surface area contributed by atoms with Crippen molar-refractivity contribution in [1.82, 2.24) is 4.57 Å². The maximum atomic E-state index is 6.48. The fourth-order valence-corrected chi connectivity index (χ4v) is 4.80. The van der Waals surface area contributed by atoms with Gasteiger partial charge in [0.25, 0.3) is 0 Å². The van der Waals surface area contributed by atoms with Gasteiger partial charge in [-0.3, -0.25) is 0 Å². The normalized spacial score (nSPS) is 17.6. The van der Waals surface area contributed by atoms with Gasteiger partial charge >= 0.3 is 7.12 Å². The van der Waals surface area contributed by atoms with Gasteiger partial charge in [0.1, 0.15) is 0 Å². The third kappa shape index (κ3) is 2.76. The van der Waals surface area contributed by atoms with Gasteiger partial charge < -0.3 is 13.9 Å². The summed E-state index contributed by atoms with van der Waals surface area (Å²) < 4.78 is 15.3. The molecule has 0 atom stereocenters. The van der Waals surface area contributed by atoms with Crippen LogP contribution in [0, 0.1) is 0 Å². The van der Waals surface area contributed by atoms with Crippen molar-refractivity contribution < 1.29 is 9.31 Å². The summed E-state index contributed by atoms with van der Waals surface area (Å²) in [4.78, 5) is 0. The van der Waals surface area contributed by atoms with Crippen LogP contribution in [-0.2, 0) is 9.31 Å². The molecule has 6 rings (SSSR count). The summed E-state index contributed by atoms with van der Waals surface area (Å²) in [5, 5.41) is 4.87. The molecule has 0 radical (unpaired) electrons. The third-order valence-electron chi connectivity index (χ3n) is 7.21. The number of benzene rings is 4. The number of rotatable bonds is 2. The van der Waals surface area contributed by atoms with Crippen LogP contribution in [0.4, 0.5) is 0 Å². The van der Waals surface area contributed by atoms with Crippen molar-refractivity contribution in [3.63, 3.8) is 0 Å². The van der Waals surface area contributed by atoms with Crippen LogP contribution in [0.15, 0.2) is 84.9 Å². The fraction of sp³-hybridized carbons (Fsp3) is 0.214. The highest BCUT2D eigenvalue weighted by molar-refractivity contribution is 6.66. The van der Waals surface area contributed by atoms with E-state index in [1.165, 1.54) is 27.1 Å². The maximum Gasteiger partial charge on any atom is 0.495 e. The summed E-state index contributed by atoms with van der Waals surface area (Å²) in [5.74, 6) is 0. The lowest BCUT2D eigenvalue weighted by molar-refractivity contribution is 0.00578. The molecule has 2 heterocycles. The molecule has 1 aromatic heterocycles. The van der Waals surface area contributed by atoms with Crippen LogP contribution >= 0.6 is 0 Å². The van der Waals surface area contributed by atoms with Gasteiger partial charge in [0.15, 0.2) is 0 Å². The molecular weight excluding hydrogens is 393 g/mol. The first-order valence-electron chi connectivity index (χ1n) is 11.2. The zero-order valence-corrected chi connectivity index (χ0v) is 18.9. The molecular formula is C28H26BNO2. The highest BCUT2D eigenvalue weighted by Gasteiger charge is 2.52. The molecule has 158 valence electrons. The fourth-order valence-electron chi connectivity index (χ4n) is 4.80. The van der Waals surface area contributed by atoms with E-state index in [1.54, 1.807) is 0 Å². The standard InChI is InChI=1S/C28H26BNO2/c1-27(2)28(3,4)32-29(31-27)23-15-10-16-24-26(23)22-17-19-11-8-9-12-20(19)18-25(22)30(24)21-13-6-5-7-14-21/h5-18H,1-4H3. The average Bonchev–Trinajstić information content (AvgIpc) is 3.21. The van der Waals surface area contributed by atoms with E-state index in [0.717, 1.165) is 16.7 Å². The molecule has 0 N–H and O–H groups in total. The Kier molecular flexibility index (Phi) is 4.11. The SMILES string of the molecule is CC1(C)OB(c2cccc3c2c2cc4ccccc4cc2n3-c2ccccc2)OC1(C)C. The first kappa shape index (κ1) is 19.6. The Balaban J connectivity index is 1.71. The second-order valence-corrected chi connectivity index (χ2v) is 9.72. The summed E-state index contributed by atoms with van der Waals surface area (Å²) in [7, 11) is -0.412. The lowest BCUT2D eigenvalue weighted by atomic mass is 9.76. The molecule has 1 aliphatic heterocycles. The van der Waals surface area contributed by atoms with Gasteiger partial charge in [-0.25, -0.2) is 0 Å². The summed E-state index contributed by atoms with van der Waals surface area (Å²) >= 11 is 0. The molecule has 4 heteroatoms. The highest BCUT2D eigenvalue weighted by atomic mass is 16.7. The monoisotopic (exact) mass is 419 g/mol. The number of para-hydroxylation sites is 1. The molecule has 0 amide bonds. The molecule has 1 aliphatic rings. The Bertz CT molecular complexity index is 1470. The summed E-state index contributed by atoms with van der Waals surface area (Å²) in [6, 6.07) is 30.2. The van der Waals surface area contributed by atoms with Crippen LogP contribution in [0.25, 0.3) is 38.3 Å². The van der Waals surface area contributed by atoms with Crippen LogP contribution in [0.1, 0.15) is 27.7 Å². The number of hydrogen-bond acceptors (Lipinski definition) is 2. The Morgan fingerprint density at radius 2 is 1.28 bits per heavy atom. The molecule has 1 fully saturated rings. The summed E-state index contributed by atoms with van der Waals surface area (Å²) in [6.07, 6.45) is 0.